The van der Waals surface area contributed by atoms with Crippen LogP contribution in [0.1, 0.15) is 26.7 Å². The molecule has 0 bridgehead atoms. The number of aliphatic hydroxyl groups excluding tert-OH is 1. The highest BCUT2D eigenvalue weighted by Gasteiger charge is 2.27. The first-order chi connectivity index (χ1) is 8.90. The van der Waals surface area contributed by atoms with E-state index in [2.05, 4.69) is 4.90 Å². The van der Waals surface area contributed by atoms with Crippen molar-refractivity contribution >= 4 is 5.91 Å². The zero-order valence-electron chi connectivity index (χ0n) is 12.6. The molecule has 1 heterocycles. The lowest BCUT2D eigenvalue weighted by Gasteiger charge is -2.34. The van der Waals surface area contributed by atoms with Gasteiger partial charge < -0.3 is 14.7 Å². The van der Waals surface area contributed by atoms with E-state index in [0.29, 0.717) is 13.2 Å². The number of aliphatic hydroxyl groups is 1. The number of amides is 1. The normalized spacial score (nSPS) is 22.5. The zero-order valence-corrected chi connectivity index (χ0v) is 12.6. The third-order valence-corrected chi connectivity index (χ3v) is 3.39. The van der Waals surface area contributed by atoms with E-state index in [4.69, 9.17) is 4.74 Å². The van der Waals surface area contributed by atoms with Crippen molar-refractivity contribution in [2.45, 2.75) is 38.9 Å². The van der Waals surface area contributed by atoms with Gasteiger partial charge in [0.25, 0.3) is 0 Å². The smallest absolute Gasteiger partial charge is 0.226 e. The number of piperidine rings is 1. The molecule has 2 atom stereocenters. The van der Waals surface area contributed by atoms with Crippen LogP contribution in [0.15, 0.2) is 0 Å². The molecule has 1 fully saturated rings. The molecule has 1 rings (SSSR count). The number of likely N-dealkylation sites (tertiary alicyclic amines) is 1. The van der Waals surface area contributed by atoms with Gasteiger partial charge in [0.2, 0.25) is 5.91 Å². The molecule has 0 aliphatic carbocycles. The van der Waals surface area contributed by atoms with Crippen LogP contribution in [0.3, 0.4) is 0 Å². The van der Waals surface area contributed by atoms with E-state index in [9.17, 15) is 9.90 Å². The van der Waals surface area contributed by atoms with E-state index >= 15 is 0 Å². The summed E-state index contributed by atoms with van der Waals surface area (Å²) in [6.07, 6.45) is 1.63. The van der Waals surface area contributed by atoms with E-state index in [0.717, 1.165) is 25.9 Å². The molecule has 0 saturated carbocycles. The van der Waals surface area contributed by atoms with Gasteiger partial charge in [0.1, 0.15) is 0 Å². The molecule has 1 N–H and O–H groups in total. The van der Waals surface area contributed by atoms with Crippen LogP contribution in [0, 0.1) is 5.92 Å². The number of hydrogen-bond donors (Lipinski definition) is 1. The number of rotatable bonds is 6. The highest BCUT2D eigenvalue weighted by molar-refractivity contribution is 5.78. The van der Waals surface area contributed by atoms with Crippen LogP contribution in [0.5, 0.6) is 0 Å². The Bertz CT molecular complexity index is 282. The molecular formula is C14H28N2O3. The number of β-amino-alcohol motifs (C(OH)–C–C–N with tert-alkyl or cyclic N) is 1. The first kappa shape index (κ1) is 16.4. The zero-order chi connectivity index (χ0) is 14.4. The van der Waals surface area contributed by atoms with Crippen LogP contribution in [0.4, 0.5) is 0 Å². The van der Waals surface area contributed by atoms with Gasteiger partial charge in [-0.25, -0.2) is 0 Å². The Morgan fingerprint density at radius 3 is 2.74 bits per heavy atom. The fraction of sp³-hybridized carbons (Fsp3) is 0.929. The highest BCUT2D eigenvalue weighted by Crippen LogP contribution is 2.18. The minimum Gasteiger partial charge on any atom is -0.389 e. The van der Waals surface area contributed by atoms with Gasteiger partial charge in [-0.2, -0.15) is 0 Å². The summed E-state index contributed by atoms with van der Waals surface area (Å²) in [6, 6.07) is 0. The molecule has 1 aliphatic heterocycles. The summed E-state index contributed by atoms with van der Waals surface area (Å²) in [6.45, 7) is 6.56. The predicted molar refractivity (Wildman–Crippen MR) is 75.0 cm³/mol. The highest BCUT2D eigenvalue weighted by atomic mass is 16.5. The summed E-state index contributed by atoms with van der Waals surface area (Å²) in [5.41, 5.74) is 0. The second kappa shape index (κ2) is 7.82. The van der Waals surface area contributed by atoms with E-state index in [-0.39, 0.29) is 17.9 Å². The first-order valence-corrected chi connectivity index (χ1v) is 7.13. The van der Waals surface area contributed by atoms with Gasteiger partial charge in [0.05, 0.1) is 24.7 Å². The lowest BCUT2D eigenvalue weighted by molar-refractivity contribution is -0.135. The maximum Gasteiger partial charge on any atom is 0.226 e. The number of carbonyl (C=O) groups is 1. The molecule has 0 spiro atoms. The monoisotopic (exact) mass is 272 g/mol. The van der Waals surface area contributed by atoms with Gasteiger partial charge in [-0.15, -0.1) is 0 Å². The molecule has 5 heteroatoms. The SMILES string of the molecule is CC(C)OCC(O)CN1CCCC(C(=O)N(C)C)C1. The average molecular weight is 272 g/mol. The number of ether oxygens (including phenoxy) is 1. The van der Waals surface area contributed by atoms with Crippen molar-refractivity contribution in [3.8, 4) is 0 Å². The summed E-state index contributed by atoms with van der Waals surface area (Å²) < 4.78 is 5.41. The summed E-state index contributed by atoms with van der Waals surface area (Å²) >= 11 is 0. The minimum atomic E-state index is -0.476. The lowest BCUT2D eigenvalue weighted by atomic mass is 9.96. The van der Waals surface area contributed by atoms with Crippen molar-refractivity contribution < 1.29 is 14.6 Å². The van der Waals surface area contributed by atoms with Crippen molar-refractivity contribution in [2.75, 3.05) is 40.3 Å². The van der Waals surface area contributed by atoms with Crippen molar-refractivity contribution in [1.82, 2.24) is 9.80 Å². The number of hydrogen-bond acceptors (Lipinski definition) is 4. The van der Waals surface area contributed by atoms with Crippen LogP contribution >= 0.6 is 0 Å². The molecule has 0 aromatic heterocycles. The van der Waals surface area contributed by atoms with Gasteiger partial charge in [-0.05, 0) is 33.2 Å². The molecule has 112 valence electrons. The maximum absolute atomic E-state index is 12.0. The standard InChI is InChI=1S/C14H28N2O3/c1-11(2)19-10-13(17)9-16-7-5-6-12(8-16)14(18)15(3)4/h11-13,17H,5-10H2,1-4H3. The molecule has 1 amide bonds. The molecule has 2 unspecified atom stereocenters. The Morgan fingerprint density at radius 1 is 1.47 bits per heavy atom. The lowest BCUT2D eigenvalue weighted by Crippen LogP contribution is -2.45. The first-order valence-electron chi connectivity index (χ1n) is 7.13. The fourth-order valence-corrected chi connectivity index (χ4v) is 2.44. The Labute approximate surface area is 116 Å². The molecule has 5 nitrogen and oxygen atoms in total. The summed E-state index contributed by atoms with van der Waals surface area (Å²) in [5, 5.41) is 9.92. The summed E-state index contributed by atoms with van der Waals surface area (Å²) in [5.74, 6) is 0.264. The Hall–Kier alpha value is -0.650. The van der Waals surface area contributed by atoms with Crippen LogP contribution in [-0.2, 0) is 9.53 Å². The van der Waals surface area contributed by atoms with Crippen molar-refractivity contribution in [3.05, 3.63) is 0 Å². The van der Waals surface area contributed by atoms with E-state index < -0.39 is 6.10 Å². The van der Waals surface area contributed by atoms with Crippen LogP contribution < -0.4 is 0 Å². The summed E-state index contributed by atoms with van der Waals surface area (Å²) in [4.78, 5) is 15.8. The predicted octanol–water partition coefficient (Wildman–Crippen LogP) is 0.573. The minimum absolute atomic E-state index is 0.0713. The molecule has 0 radical (unpaired) electrons. The molecule has 1 aliphatic rings. The van der Waals surface area contributed by atoms with Crippen molar-refractivity contribution in [2.24, 2.45) is 5.92 Å². The quantitative estimate of drug-likeness (QED) is 0.768. The second-order valence-electron chi connectivity index (χ2n) is 5.87. The Balaban J connectivity index is 2.36. The van der Waals surface area contributed by atoms with Gasteiger partial charge in [-0.1, -0.05) is 0 Å². The Kier molecular flexibility index (Phi) is 6.75. The topological polar surface area (TPSA) is 53.0 Å². The molecular weight excluding hydrogens is 244 g/mol. The van der Waals surface area contributed by atoms with Crippen LogP contribution in [0.25, 0.3) is 0 Å². The largest absolute Gasteiger partial charge is 0.389 e. The van der Waals surface area contributed by atoms with Crippen molar-refractivity contribution in [3.63, 3.8) is 0 Å². The summed E-state index contributed by atoms with van der Waals surface area (Å²) in [7, 11) is 3.60. The van der Waals surface area contributed by atoms with Gasteiger partial charge in [0.15, 0.2) is 0 Å². The third kappa shape index (κ3) is 5.89. The van der Waals surface area contributed by atoms with E-state index in [1.54, 1.807) is 19.0 Å². The van der Waals surface area contributed by atoms with Crippen LogP contribution in [0.2, 0.25) is 0 Å². The van der Waals surface area contributed by atoms with Gasteiger partial charge in [-0.3, -0.25) is 9.69 Å². The van der Waals surface area contributed by atoms with E-state index in [1.165, 1.54) is 0 Å². The molecule has 0 aromatic carbocycles. The second-order valence-corrected chi connectivity index (χ2v) is 5.87. The van der Waals surface area contributed by atoms with Gasteiger partial charge >= 0.3 is 0 Å². The third-order valence-electron chi connectivity index (χ3n) is 3.39. The van der Waals surface area contributed by atoms with E-state index in [1.807, 2.05) is 13.8 Å². The Morgan fingerprint density at radius 2 is 2.16 bits per heavy atom. The molecule has 19 heavy (non-hydrogen) atoms. The fourth-order valence-electron chi connectivity index (χ4n) is 2.44. The number of nitrogens with zero attached hydrogens (tertiary/aromatic N) is 2. The maximum atomic E-state index is 12.0. The average Bonchev–Trinajstić information content (AvgIpc) is 2.35. The molecule has 0 aromatic rings. The van der Waals surface area contributed by atoms with Gasteiger partial charge in [0, 0.05) is 27.2 Å². The number of carbonyl (C=O) groups excluding carboxylic acids is 1. The molecule has 1 saturated heterocycles. The van der Waals surface area contributed by atoms with Crippen LogP contribution in [-0.4, -0.2) is 73.4 Å². The van der Waals surface area contributed by atoms with Crippen molar-refractivity contribution in [1.29, 1.82) is 0 Å².